The van der Waals surface area contributed by atoms with Gasteiger partial charge >= 0.3 is 5.97 Å². The fraction of sp³-hybridized carbons (Fsp3) is 0.143. The van der Waals surface area contributed by atoms with Crippen LogP contribution in [0, 0.1) is 18.6 Å². The number of carbonyl (C=O) groups excluding carboxylic acids is 1. The van der Waals surface area contributed by atoms with E-state index in [1.165, 1.54) is 25.3 Å². The van der Waals surface area contributed by atoms with Crippen molar-refractivity contribution in [3.8, 4) is 16.9 Å². The van der Waals surface area contributed by atoms with E-state index in [-0.39, 0.29) is 18.2 Å². The highest BCUT2D eigenvalue weighted by atomic mass is 19.1. The molecule has 4 aromatic rings. The first kappa shape index (κ1) is 23.9. The monoisotopic (exact) mass is 474 g/mol. The molecule has 0 aliphatic carbocycles. The van der Waals surface area contributed by atoms with Crippen LogP contribution in [0.3, 0.4) is 0 Å². The first-order valence-electron chi connectivity index (χ1n) is 11.0. The normalized spacial score (nSPS) is 11.4. The van der Waals surface area contributed by atoms with Crippen molar-refractivity contribution in [1.29, 1.82) is 0 Å². The van der Waals surface area contributed by atoms with E-state index in [1.807, 2.05) is 19.9 Å². The minimum absolute atomic E-state index is 0.205. The highest BCUT2D eigenvalue weighted by molar-refractivity contribution is 6.01. The second kappa shape index (κ2) is 10.3. The zero-order valence-electron chi connectivity index (χ0n) is 19.6. The van der Waals surface area contributed by atoms with E-state index in [9.17, 15) is 13.6 Å². The number of benzene rings is 3. The maximum Gasteiger partial charge on any atom is 0.337 e. The Morgan fingerprint density at radius 1 is 0.971 bits per heavy atom. The average Bonchev–Trinajstić information content (AvgIpc) is 3.21. The molecule has 1 aromatic heterocycles. The van der Waals surface area contributed by atoms with Crippen LogP contribution in [-0.2, 0) is 16.2 Å². The van der Waals surface area contributed by atoms with Gasteiger partial charge in [-0.15, -0.1) is 0 Å². The zero-order valence-corrected chi connectivity index (χ0v) is 19.6. The van der Waals surface area contributed by atoms with Gasteiger partial charge in [-0.2, -0.15) is 0 Å². The van der Waals surface area contributed by atoms with E-state index in [0.29, 0.717) is 22.7 Å². The SMILES string of the molecule is COC(=O)c1ccc(CO/N=C(/C)c2cc(-c3ccc(F)cc3)n(-c3ccccc3F)c2C)cc1. The van der Waals surface area contributed by atoms with Gasteiger partial charge in [0.05, 0.1) is 29.8 Å². The Balaban J connectivity index is 1.64. The molecule has 0 amide bonds. The summed E-state index contributed by atoms with van der Waals surface area (Å²) < 4.78 is 34.8. The summed E-state index contributed by atoms with van der Waals surface area (Å²) in [4.78, 5) is 17.1. The number of hydrogen-bond donors (Lipinski definition) is 0. The highest BCUT2D eigenvalue weighted by Gasteiger charge is 2.19. The standard InChI is InChI=1S/C28H24F2N2O3/c1-18(31-35-17-20-8-10-22(11-9-20)28(33)34-3)24-16-27(21-12-14-23(29)15-13-21)32(19(24)2)26-7-5-4-6-25(26)30/h4-16H,17H2,1-3H3/b31-18-. The van der Waals surface area contributed by atoms with Gasteiger partial charge in [-0.05, 0) is 79.6 Å². The van der Waals surface area contributed by atoms with Crippen LogP contribution in [0.25, 0.3) is 16.9 Å². The van der Waals surface area contributed by atoms with E-state index in [1.54, 1.807) is 59.2 Å². The molecule has 0 atom stereocenters. The molecule has 0 spiro atoms. The zero-order chi connectivity index (χ0) is 24.9. The molecule has 0 saturated carbocycles. The number of para-hydroxylation sites is 1. The maximum atomic E-state index is 14.8. The largest absolute Gasteiger partial charge is 0.465 e. The van der Waals surface area contributed by atoms with Gasteiger partial charge in [-0.1, -0.05) is 29.4 Å². The molecule has 3 aromatic carbocycles. The number of esters is 1. The molecule has 178 valence electrons. The van der Waals surface area contributed by atoms with Gasteiger partial charge in [0, 0.05) is 11.3 Å². The molecule has 0 aliphatic heterocycles. The van der Waals surface area contributed by atoms with E-state index >= 15 is 0 Å². The smallest absolute Gasteiger partial charge is 0.337 e. The third-order valence-corrected chi connectivity index (χ3v) is 5.68. The molecular formula is C28H24F2N2O3. The van der Waals surface area contributed by atoms with E-state index in [0.717, 1.165) is 22.4 Å². The third-order valence-electron chi connectivity index (χ3n) is 5.68. The van der Waals surface area contributed by atoms with Gasteiger partial charge in [-0.3, -0.25) is 0 Å². The van der Waals surface area contributed by atoms with Crippen molar-refractivity contribution in [3.05, 3.63) is 113 Å². The van der Waals surface area contributed by atoms with Gasteiger partial charge in [0.2, 0.25) is 0 Å². The quantitative estimate of drug-likeness (QED) is 0.176. The highest BCUT2D eigenvalue weighted by Crippen LogP contribution is 2.31. The maximum absolute atomic E-state index is 14.8. The Labute approximate surface area is 202 Å². The second-order valence-corrected chi connectivity index (χ2v) is 7.96. The predicted octanol–water partition coefficient (Wildman–Crippen LogP) is 6.46. The van der Waals surface area contributed by atoms with Crippen molar-refractivity contribution in [1.82, 2.24) is 4.57 Å². The van der Waals surface area contributed by atoms with E-state index < -0.39 is 5.97 Å². The van der Waals surface area contributed by atoms with Crippen molar-refractivity contribution >= 4 is 11.7 Å². The van der Waals surface area contributed by atoms with Gasteiger partial charge in [0.25, 0.3) is 0 Å². The molecule has 0 fully saturated rings. The summed E-state index contributed by atoms with van der Waals surface area (Å²) in [7, 11) is 1.33. The second-order valence-electron chi connectivity index (χ2n) is 7.96. The Kier molecular flexibility index (Phi) is 7.06. The van der Waals surface area contributed by atoms with Gasteiger partial charge in [0.1, 0.15) is 18.2 Å². The van der Waals surface area contributed by atoms with Crippen LogP contribution < -0.4 is 0 Å². The molecule has 0 saturated heterocycles. The van der Waals surface area contributed by atoms with Crippen molar-refractivity contribution in [2.45, 2.75) is 20.5 Å². The third kappa shape index (κ3) is 5.14. The van der Waals surface area contributed by atoms with E-state index in [2.05, 4.69) is 5.16 Å². The Bertz CT molecular complexity index is 1370. The summed E-state index contributed by atoms with van der Waals surface area (Å²) in [5, 5.41) is 4.26. The summed E-state index contributed by atoms with van der Waals surface area (Å²) in [6.07, 6.45) is 0. The number of halogens is 2. The number of nitrogens with zero attached hydrogens (tertiary/aromatic N) is 2. The first-order chi connectivity index (χ1) is 16.9. The molecule has 0 N–H and O–H groups in total. The molecule has 0 bridgehead atoms. The predicted molar refractivity (Wildman–Crippen MR) is 131 cm³/mol. The number of aromatic nitrogens is 1. The molecule has 4 rings (SSSR count). The fourth-order valence-electron chi connectivity index (χ4n) is 3.86. The van der Waals surface area contributed by atoms with E-state index in [4.69, 9.17) is 9.57 Å². The summed E-state index contributed by atoms with van der Waals surface area (Å²) in [5.74, 6) is -1.12. The summed E-state index contributed by atoms with van der Waals surface area (Å²) in [5.41, 5.74) is 5.26. The first-order valence-corrected chi connectivity index (χ1v) is 11.0. The minimum Gasteiger partial charge on any atom is -0.465 e. The van der Waals surface area contributed by atoms with Crippen molar-refractivity contribution in [2.75, 3.05) is 7.11 Å². The van der Waals surface area contributed by atoms with Crippen LogP contribution in [0.5, 0.6) is 0 Å². The van der Waals surface area contributed by atoms with Gasteiger partial charge in [0.15, 0.2) is 0 Å². The average molecular weight is 475 g/mol. The summed E-state index contributed by atoms with van der Waals surface area (Å²) >= 11 is 0. The van der Waals surface area contributed by atoms with Crippen LogP contribution in [0.15, 0.2) is 84.0 Å². The summed E-state index contributed by atoms with van der Waals surface area (Å²) in [6.45, 7) is 3.89. The number of methoxy groups -OCH3 is 1. The van der Waals surface area contributed by atoms with Gasteiger partial charge in [-0.25, -0.2) is 13.6 Å². The Morgan fingerprint density at radius 3 is 2.31 bits per heavy atom. The molecular weight excluding hydrogens is 450 g/mol. The molecule has 0 radical (unpaired) electrons. The lowest BCUT2D eigenvalue weighted by Gasteiger charge is -2.13. The lowest BCUT2D eigenvalue weighted by atomic mass is 10.1. The molecule has 5 nitrogen and oxygen atoms in total. The number of rotatable bonds is 7. The van der Waals surface area contributed by atoms with Crippen LogP contribution >= 0.6 is 0 Å². The van der Waals surface area contributed by atoms with Crippen molar-refractivity contribution in [3.63, 3.8) is 0 Å². The molecule has 35 heavy (non-hydrogen) atoms. The topological polar surface area (TPSA) is 52.8 Å². The Morgan fingerprint density at radius 2 is 1.66 bits per heavy atom. The van der Waals surface area contributed by atoms with Crippen LogP contribution in [0.2, 0.25) is 0 Å². The molecule has 1 heterocycles. The fourth-order valence-corrected chi connectivity index (χ4v) is 3.86. The van der Waals surface area contributed by atoms with Crippen LogP contribution in [0.1, 0.15) is 34.1 Å². The van der Waals surface area contributed by atoms with Crippen molar-refractivity contribution in [2.24, 2.45) is 5.16 Å². The Hall–Kier alpha value is -4.26. The number of ether oxygens (including phenoxy) is 1. The molecule has 0 aliphatic rings. The molecule has 7 heteroatoms. The van der Waals surface area contributed by atoms with Crippen LogP contribution in [0.4, 0.5) is 8.78 Å². The molecule has 0 unspecified atom stereocenters. The lowest BCUT2D eigenvalue weighted by Crippen LogP contribution is -2.04. The number of hydrogen-bond acceptors (Lipinski definition) is 4. The minimum atomic E-state index is -0.405. The lowest BCUT2D eigenvalue weighted by molar-refractivity contribution is 0.0600. The number of carbonyl (C=O) groups is 1. The number of oxime groups is 1. The van der Waals surface area contributed by atoms with Crippen molar-refractivity contribution < 1.29 is 23.1 Å². The van der Waals surface area contributed by atoms with Crippen LogP contribution in [-0.4, -0.2) is 23.4 Å². The summed E-state index contributed by atoms with van der Waals surface area (Å²) in [6, 6.07) is 21.3. The van der Waals surface area contributed by atoms with Gasteiger partial charge < -0.3 is 14.1 Å².